The van der Waals surface area contributed by atoms with E-state index in [0.29, 0.717) is 12.5 Å². The van der Waals surface area contributed by atoms with Crippen LogP contribution in [0.2, 0.25) is 0 Å². The van der Waals surface area contributed by atoms with Gasteiger partial charge in [0.15, 0.2) is 0 Å². The van der Waals surface area contributed by atoms with Gasteiger partial charge < -0.3 is 5.32 Å². The van der Waals surface area contributed by atoms with Gasteiger partial charge in [-0.15, -0.1) is 11.3 Å². The summed E-state index contributed by atoms with van der Waals surface area (Å²) in [7, 11) is 0. The number of nitrogen functional groups attached to an aromatic ring is 1. The Morgan fingerprint density at radius 1 is 1.11 bits per heavy atom. The number of benzene rings is 1. The first kappa shape index (κ1) is 11.9. The third kappa shape index (κ3) is 2.49. The maximum absolute atomic E-state index is 5.39. The molecule has 0 fully saturated rings. The highest BCUT2D eigenvalue weighted by atomic mass is 32.1. The van der Waals surface area contributed by atoms with Crippen molar-refractivity contribution in [1.82, 2.24) is 9.97 Å². The van der Waals surface area contributed by atoms with Crippen LogP contribution in [0.3, 0.4) is 0 Å². The van der Waals surface area contributed by atoms with E-state index in [1.54, 1.807) is 11.3 Å². The van der Waals surface area contributed by atoms with Crippen LogP contribution >= 0.6 is 11.3 Å². The lowest BCUT2D eigenvalue weighted by atomic mass is 10.2. The number of hydrogen-bond acceptors (Lipinski definition) is 6. The number of hydrogen-bond donors (Lipinski definition) is 3. The monoisotopic (exact) mass is 271 g/mol. The molecule has 6 heteroatoms. The molecule has 1 aromatic carbocycles. The Labute approximate surface area is 114 Å². The zero-order chi connectivity index (χ0) is 13.1. The zero-order valence-corrected chi connectivity index (χ0v) is 10.9. The standard InChI is InChI=1S/C13H13N5S/c14-18-13-16-11(10-6-7-19-12(10)17-13)15-8-9-4-2-1-3-5-9/h1-7H,8,14H2,(H2,15,16,17,18). The van der Waals surface area contributed by atoms with Crippen molar-refractivity contribution in [2.45, 2.75) is 6.54 Å². The van der Waals surface area contributed by atoms with Crippen molar-refractivity contribution in [3.63, 3.8) is 0 Å². The molecular formula is C13H13N5S. The second-order valence-electron chi connectivity index (χ2n) is 4.02. The van der Waals surface area contributed by atoms with Crippen LogP contribution in [0.15, 0.2) is 41.8 Å². The zero-order valence-electron chi connectivity index (χ0n) is 10.1. The largest absolute Gasteiger partial charge is 0.365 e. The van der Waals surface area contributed by atoms with Crippen LogP contribution in [0.1, 0.15) is 5.56 Å². The highest BCUT2D eigenvalue weighted by Gasteiger charge is 2.07. The molecule has 0 amide bonds. The minimum atomic E-state index is 0.422. The van der Waals surface area contributed by atoms with E-state index < -0.39 is 0 Å². The van der Waals surface area contributed by atoms with E-state index in [4.69, 9.17) is 5.84 Å². The number of nitrogens with one attached hydrogen (secondary N) is 2. The van der Waals surface area contributed by atoms with Gasteiger partial charge in [-0.1, -0.05) is 30.3 Å². The number of thiophene rings is 1. The fraction of sp³-hybridized carbons (Fsp3) is 0.0769. The van der Waals surface area contributed by atoms with E-state index in [1.165, 1.54) is 5.56 Å². The summed E-state index contributed by atoms with van der Waals surface area (Å²) in [6, 6.07) is 12.2. The van der Waals surface area contributed by atoms with Crippen LogP contribution < -0.4 is 16.6 Å². The first-order valence-corrected chi connectivity index (χ1v) is 6.74. The molecule has 4 N–H and O–H groups in total. The van der Waals surface area contributed by atoms with Gasteiger partial charge >= 0.3 is 0 Å². The van der Waals surface area contributed by atoms with Gasteiger partial charge in [0.1, 0.15) is 10.6 Å². The van der Waals surface area contributed by atoms with Gasteiger partial charge in [0, 0.05) is 6.54 Å². The molecule has 3 rings (SSSR count). The summed E-state index contributed by atoms with van der Waals surface area (Å²) >= 11 is 1.57. The predicted octanol–water partition coefficient (Wildman–Crippen LogP) is 2.59. The number of fused-ring (bicyclic) bond motifs is 1. The molecule has 0 aliphatic heterocycles. The van der Waals surface area contributed by atoms with Gasteiger partial charge in [0.2, 0.25) is 5.95 Å². The summed E-state index contributed by atoms with van der Waals surface area (Å²) < 4.78 is 0. The van der Waals surface area contributed by atoms with Gasteiger partial charge in [0.05, 0.1) is 5.39 Å². The van der Waals surface area contributed by atoms with E-state index in [0.717, 1.165) is 16.0 Å². The number of hydrazine groups is 1. The molecule has 3 aromatic rings. The maximum Gasteiger partial charge on any atom is 0.240 e. The molecule has 0 aliphatic carbocycles. The molecule has 0 spiro atoms. The van der Waals surface area contributed by atoms with Crippen molar-refractivity contribution in [3.05, 3.63) is 47.3 Å². The summed E-state index contributed by atoms with van der Waals surface area (Å²) in [5, 5.41) is 6.33. The highest BCUT2D eigenvalue weighted by Crippen LogP contribution is 2.26. The van der Waals surface area contributed by atoms with Crippen molar-refractivity contribution in [2.75, 3.05) is 10.7 Å². The second kappa shape index (κ2) is 5.21. The van der Waals surface area contributed by atoms with Gasteiger partial charge in [-0.05, 0) is 17.0 Å². The number of anilines is 2. The minimum Gasteiger partial charge on any atom is -0.365 e. The first-order chi connectivity index (χ1) is 9.36. The first-order valence-electron chi connectivity index (χ1n) is 5.86. The number of nitrogens with zero attached hydrogens (tertiary/aromatic N) is 2. The van der Waals surface area contributed by atoms with E-state index >= 15 is 0 Å². The van der Waals surface area contributed by atoms with Crippen LogP contribution in [0.25, 0.3) is 10.2 Å². The molecule has 19 heavy (non-hydrogen) atoms. The van der Waals surface area contributed by atoms with Crippen LogP contribution in [0, 0.1) is 0 Å². The number of nitrogens with two attached hydrogens (primary N) is 1. The van der Waals surface area contributed by atoms with E-state index in [-0.39, 0.29) is 0 Å². The van der Waals surface area contributed by atoms with E-state index in [2.05, 4.69) is 32.8 Å². The Kier molecular flexibility index (Phi) is 3.26. The second-order valence-corrected chi connectivity index (χ2v) is 4.91. The predicted molar refractivity (Wildman–Crippen MR) is 79.0 cm³/mol. The number of rotatable bonds is 4. The third-order valence-corrected chi connectivity index (χ3v) is 3.56. The lowest BCUT2D eigenvalue weighted by molar-refractivity contribution is 1.09. The quantitative estimate of drug-likeness (QED) is 0.502. The molecule has 0 radical (unpaired) electrons. The third-order valence-electron chi connectivity index (χ3n) is 2.76. The van der Waals surface area contributed by atoms with Crippen LogP contribution in [0.4, 0.5) is 11.8 Å². The summed E-state index contributed by atoms with van der Waals surface area (Å²) in [6.45, 7) is 0.715. The van der Waals surface area contributed by atoms with Crippen molar-refractivity contribution in [1.29, 1.82) is 0 Å². The average molecular weight is 271 g/mol. The van der Waals surface area contributed by atoms with Gasteiger partial charge in [0.25, 0.3) is 0 Å². The Hall–Kier alpha value is -2.18. The van der Waals surface area contributed by atoms with Crippen LogP contribution in [0.5, 0.6) is 0 Å². The molecule has 0 saturated heterocycles. The topological polar surface area (TPSA) is 75.9 Å². The highest BCUT2D eigenvalue weighted by molar-refractivity contribution is 7.16. The summed E-state index contributed by atoms with van der Waals surface area (Å²) in [4.78, 5) is 9.57. The van der Waals surface area contributed by atoms with E-state index in [1.807, 2.05) is 29.6 Å². The van der Waals surface area contributed by atoms with Crippen molar-refractivity contribution in [2.24, 2.45) is 5.84 Å². The molecule has 5 nitrogen and oxygen atoms in total. The average Bonchev–Trinajstić information content (AvgIpc) is 2.94. The normalized spacial score (nSPS) is 10.6. The van der Waals surface area contributed by atoms with E-state index in [9.17, 15) is 0 Å². The van der Waals surface area contributed by atoms with Crippen LogP contribution in [-0.2, 0) is 6.54 Å². The SMILES string of the molecule is NNc1nc(NCc2ccccc2)c2ccsc2n1. The molecule has 0 atom stereocenters. The molecule has 96 valence electrons. The molecule has 0 unspecified atom stereocenters. The minimum absolute atomic E-state index is 0.422. The Balaban J connectivity index is 1.89. The lowest BCUT2D eigenvalue weighted by Crippen LogP contribution is -2.12. The van der Waals surface area contributed by atoms with Crippen molar-refractivity contribution < 1.29 is 0 Å². The summed E-state index contributed by atoms with van der Waals surface area (Å²) in [5.41, 5.74) is 3.69. The molecule has 0 saturated carbocycles. The molecule has 2 aromatic heterocycles. The summed E-state index contributed by atoms with van der Waals surface area (Å²) in [5.74, 6) is 6.60. The van der Waals surface area contributed by atoms with Crippen molar-refractivity contribution >= 4 is 33.3 Å². The Morgan fingerprint density at radius 2 is 1.95 bits per heavy atom. The smallest absolute Gasteiger partial charge is 0.240 e. The van der Waals surface area contributed by atoms with Gasteiger partial charge in [-0.2, -0.15) is 4.98 Å². The van der Waals surface area contributed by atoms with Gasteiger partial charge in [-0.25, -0.2) is 10.8 Å². The lowest BCUT2D eigenvalue weighted by Gasteiger charge is -2.08. The molecule has 2 heterocycles. The van der Waals surface area contributed by atoms with Gasteiger partial charge in [-0.3, -0.25) is 5.43 Å². The van der Waals surface area contributed by atoms with Crippen LogP contribution in [-0.4, -0.2) is 9.97 Å². The maximum atomic E-state index is 5.39. The fourth-order valence-electron chi connectivity index (χ4n) is 1.84. The fourth-order valence-corrected chi connectivity index (χ4v) is 2.60. The molecule has 0 bridgehead atoms. The van der Waals surface area contributed by atoms with Crippen molar-refractivity contribution in [3.8, 4) is 0 Å². The Morgan fingerprint density at radius 3 is 2.74 bits per heavy atom. The number of aromatic nitrogens is 2. The Bertz CT molecular complexity index is 680. The summed E-state index contributed by atoms with van der Waals surface area (Å²) in [6.07, 6.45) is 0. The molecule has 0 aliphatic rings. The molecular weight excluding hydrogens is 258 g/mol.